The Morgan fingerprint density at radius 1 is 1.25 bits per heavy atom. The monoisotopic (exact) mass is 387 g/mol. The summed E-state index contributed by atoms with van der Waals surface area (Å²) in [7, 11) is 0. The van der Waals surface area contributed by atoms with Crippen LogP contribution in [0.4, 0.5) is 0 Å². The molecule has 0 aromatic carbocycles. The minimum Gasteiger partial charge on any atom is -0.463 e. The van der Waals surface area contributed by atoms with Crippen LogP contribution >= 0.6 is 0 Å². The van der Waals surface area contributed by atoms with Gasteiger partial charge in [0.1, 0.15) is 11.9 Å². The molecule has 0 unspecified atom stereocenters. The Kier molecular flexibility index (Phi) is 4.71. The van der Waals surface area contributed by atoms with Crippen molar-refractivity contribution < 1.29 is 19.5 Å². The number of hydrogen-bond donors (Lipinski definition) is 1. The molecule has 1 N–H and O–H groups in total. The average Bonchev–Trinajstić information content (AvgIpc) is 2.97. The van der Waals surface area contributed by atoms with Crippen molar-refractivity contribution in [2.75, 3.05) is 0 Å². The van der Waals surface area contributed by atoms with Gasteiger partial charge >= 0.3 is 5.97 Å². The van der Waals surface area contributed by atoms with E-state index in [1.807, 2.05) is 6.92 Å². The Morgan fingerprint density at radius 3 is 2.68 bits per heavy atom. The summed E-state index contributed by atoms with van der Waals surface area (Å²) >= 11 is 0. The number of hydrogen-bond acceptors (Lipinski definition) is 5. The van der Waals surface area contributed by atoms with Gasteiger partial charge in [0.2, 0.25) is 0 Å². The Hall–Kier alpha value is -1.65. The summed E-state index contributed by atoms with van der Waals surface area (Å²) in [5, 5.41) is 12.7. The first-order valence-electron chi connectivity index (χ1n) is 10.8. The number of nitrogens with zero attached hydrogens (tertiary/aromatic N) is 1. The Labute approximate surface area is 167 Å². The van der Waals surface area contributed by atoms with Gasteiger partial charge in [0, 0.05) is 24.7 Å². The summed E-state index contributed by atoms with van der Waals surface area (Å²) in [6.07, 6.45) is 8.65. The molecule has 0 heterocycles. The highest BCUT2D eigenvalue weighted by molar-refractivity contribution is 6.01. The van der Waals surface area contributed by atoms with E-state index in [9.17, 15) is 14.8 Å². The molecule has 0 aromatic heterocycles. The van der Waals surface area contributed by atoms with Gasteiger partial charge in [-0.15, -0.1) is 0 Å². The first-order chi connectivity index (χ1) is 13.2. The van der Waals surface area contributed by atoms with Crippen molar-refractivity contribution in [3.8, 4) is 0 Å². The van der Waals surface area contributed by atoms with Gasteiger partial charge in [-0.25, -0.2) is 0 Å². The van der Waals surface area contributed by atoms with E-state index < -0.39 is 0 Å². The van der Waals surface area contributed by atoms with Crippen LogP contribution in [-0.2, 0) is 14.3 Å². The second-order valence-corrected chi connectivity index (χ2v) is 10.1. The van der Waals surface area contributed by atoms with E-state index >= 15 is 0 Å². The molecule has 28 heavy (non-hydrogen) atoms. The molecule has 154 valence electrons. The molecule has 4 rings (SSSR count). The number of allylic oxidation sites excluding steroid dienone is 2. The third-order valence-corrected chi connectivity index (χ3v) is 8.76. The maximum absolute atomic E-state index is 13.5. The number of ether oxygens (including phenoxy) is 1. The lowest BCUT2D eigenvalue weighted by Crippen LogP contribution is -2.57. The van der Waals surface area contributed by atoms with Crippen LogP contribution in [0.5, 0.6) is 0 Å². The predicted octanol–water partition coefficient (Wildman–Crippen LogP) is 4.53. The van der Waals surface area contributed by atoms with Crippen LogP contribution in [0.15, 0.2) is 16.8 Å². The molecule has 0 aromatic rings. The molecule has 0 amide bonds. The van der Waals surface area contributed by atoms with Crippen molar-refractivity contribution in [3.05, 3.63) is 11.6 Å². The van der Waals surface area contributed by atoms with Crippen molar-refractivity contribution in [3.63, 3.8) is 0 Å². The maximum Gasteiger partial charge on any atom is 0.302 e. The average molecular weight is 388 g/mol. The molecule has 0 bridgehead atoms. The number of ketones is 1. The summed E-state index contributed by atoms with van der Waals surface area (Å²) in [4.78, 5) is 24.9. The van der Waals surface area contributed by atoms with Crippen LogP contribution in [-0.4, -0.2) is 28.8 Å². The van der Waals surface area contributed by atoms with Crippen LogP contribution in [0, 0.1) is 34.5 Å². The second kappa shape index (κ2) is 6.70. The molecule has 7 atom stereocenters. The van der Waals surface area contributed by atoms with Gasteiger partial charge in [-0.1, -0.05) is 25.1 Å². The molecule has 0 saturated heterocycles. The highest BCUT2D eigenvalue weighted by Crippen LogP contribution is 2.65. The Balaban J connectivity index is 1.60. The molecule has 4 aliphatic rings. The standard InChI is InChI=1S/C23H33NO4/c1-13(24-27)18-7-8-19-17-6-5-15-11-16(28-14(2)25)9-10-22(15,3)21(17)20(26)12-23(18,19)4/h7,15-17,19,21,27H,5-6,8-12H2,1-4H3/b24-13-/t15-,16+,17-,19-,21-,22-,23+/m0/s1. The quantitative estimate of drug-likeness (QED) is 0.327. The van der Waals surface area contributed by atoms with Gasteiger partial charge in [0.15, 0.2) is 0 Å². The van der Waals surface area contributed by atoms with Gasteiger partial charge in [-0.2, -0.15) is 0 Å². The van der Waals surface area contributed by atoms with Crippen molar-refractivity contribution in [1.82, 2.24) is 0 Å². The minimum absolute atomic E-state index is 0.0132. The zero-order valence-electron chi connectivity index (χ0n) is 17.5. The molecule has 0 radical (unpaired) electrons. The van der Waals surface area contributed by atoms with Gasteiger partial charge in [0.05, 0.1) is 5.71 Å². The molecular formula is C23H33NO4. The Bertz CT molecular complexity index is 756. The fourth-order valence-electron chi connectivity index (χ4n) is 7.57. The summed E-state index contributed by atoms with van der Waals surface area (Å²) in [5.41, 5.74) is 1.53. The minimum atomic E-state index is -0.202. The van der Waals surface area contributed by atoms with Crippen molar-refractivity contribution >= 4 is 17.5 Å². The van der Waals surface area contributed by atoms with Crippen LogP contribution in [0.2, 0.25) is 0 Å². The lowest BCUT2D eigenvalue weighted by Gasteiger charge is -2.59. The predicted molar refractivity (Wildman–Crippen MR) is 106 cm³/mol. The number of fused-ring (bicyclic) bond motifs is 5. The molecule has 5 heteroatoms. The topological polar surface area (TPSA) is 76.0 Å². The molecule has 3 saturated carbocycles. The number of esters is 1. The van der Waals surface area contributed by atoms with Gasteiger partial charge < -0.3 is 9.94 Å². The second-order valence-electron chi connectivity index (χ2n) is 10.1. The molecular weight excluding hydrogens is 354 g/mol. The number of carbonyl (C=O) groups is 2. The highest BCUT2D eigenvalue weighted by atomic mass is 16.5. The molecule has 0 spiro atoms. The molecule has 0 aliphatic heterocycles. The summed E-state index contributed by atoms with van der Waals surface area (Å²) in [6.45, 7) is 7.84. The lowest BCUT2D eigenvalue weighted by atomic mass is 9.44. The molecule has 5 nitrogen and oxygen atoms in total. The first-order valence-corrected chi connectivity index (χ1v) is 10.8. The SMILES string of the molecule is CC(=O)O[C@@H]1CC[C@@]2(C)[C@@H](CC[C@@H]3[C@H]2C(=O)C[C@]2(C)C(/C(C)=N\O)=CC[C@@H]32)C1. The summed E-state index contributed by atoms with van der Waals surface area (Å²) in [5.74, 6) is 1.61. The summed E-state index contributed by atoms with van der Waals surface area (Å²) in [6, 6.07) is 0. The zero-order valence-corrected chi connectivity index (χ0v) is 17.5. The smallest absolute Gasteiger partial charge is 0.302 e. The largest absolute Gasteiger partial charge is 0.463 e. The van der Waals surface area contributed by atoms with E-state index in [4.69, 9.17) is 4.74 Å². The van der Waals surface area contributed by atoms with Gasteiger partial charge in [0.25, 0.3) is 0 Å². The lowest BCUT2D eigenvalue weighted by molar-refractivity contribution is -0.166. The van der Waals surface area contributed by atoms with Gasteiger partial charge in [-0.05, 0) is 74.2 Å². The van der Waals surface area contributed by atoms with Gasteiger partial charge in [-0.3, -0.25) is 9.59 Å². The number of oxime groups is 1. The van der Waals surface area contributed by atoms with E-state index in [2.05, 4.69) is 25.1 Å². The van der Waals surface area contributed by atoms with E-state index in [0.29, 0.717) is 35.7 Å². The van der Waals surface area contributed by atoms with E-state index in [1.165, 1.54) is 6.92 Å². The normalized spacial score (nSPS) is 45.6. The number of Topliss-reactive ketones (excluding diaryl/α,β-unsaturated/α-hetero) is 1. The van der Waals surface area contributed by atoms with Crippen LogP contribution in [0.3, 0.4) is 0 Å². The van der Waals surface area contributed by atoms with Crippen LogP contribution in [0.25, 0.3) is 0 Å². The van der Waals surface area contributed by atoms with E-state index in [1.54, 1.807) is 0 Å². The maximum atomic E-state index is 13.5. The van der Waals surface area contributed by atoms with E-state index in [-0.39, 0.29) is 28.8 Å². The fraction of sp³-hybridized carbons (Fsp3) is 0.783. The summed E-state index contributed by atoms with van der Waals surface area (Å²) < 4.78 is 5.52. The highest BCUT2D eigenvalue weighted by Gasteiger charge is 2.62. The number of rotatable bonds is 2. The molecule has 3 fully saturated rings. The Morgan fingerprint density at radius 2 is 2.00 bits per heavy atom. The van der Waals surface area contributed by atoms with Crippen LogP contribution < -0.4 is 0 Å². The van der Waals surface area contributed by atoms with E-state index in [0.717, 1.165) is 44.1 Å². The van der Waals surface area contributed by atoms with Crippen molar-refractivity contribution in [2.45, 2.75) is 78.7 Å². The third kappa shape index (κ3) is 2.76. The van der Waals surface area contributed by atoms with Crippen molar-refractivity contribution in [2.24, 2.45) is 39.7 Å². The first kappa shape index (κ1) is 19.7. The fourth-order valence-corrected chi connectivity index (χ4v) is 7.57. The van der Waals surface area contributed by atoms with Crippen molar-refractivity contribution in [1.29, 1.82) is 0 Å². The van der Waals surface area contributed by atoms with Crippen LogP contribution in [0.1, 0.15) is 72.6 Å². The third-order valence-electron chi connectivity index (χ3n) is 8.76. The zero-order chi connectivity index (χ0) is 20.3. The number of carbonyl (C=O) groups excluding carboxylic acids is 2. The molecule has 4 aliphatic carbocycles.